The fourth-order valence-corrected chi connectivity index (χ4v) is 1.18. The SMILES string of the molecule is CCOC(=O)N(N)c1cncc(Br)c1. The number of hydrogen-bond acceptors (Lipinski definition) is 4. The van der Waals surface area contributed by atoms with Crippen LogP contribution in [0.3, 0.4) is 0 Å². The molecule has 14 heavy (non-hydrogen) atoms. The molecule has 0 fully saturated rings. The number of carbonyl (C=O) groups excluding carboxylic acids is 1. The summed E-state index contributed by atoms with van der Waals surface area (Å²) < 4.78 is 5.46. The van der Waals surface area contributed by atoms with Crippen LogP contribution in [0.2, 0.25) is 0 Å². The van der Waals surface area contributed by atoms with E-state index in [0.717, 1.165) is 9.48 Å². The lowest BCUT2D eigenvalue weighted by Crippen LogP contribution is -2.38. The van der Waals surface area contributed by atoms with Gasteiger partial charge in [0, 0.05) is 10.7 Å². The third-order valence-corrected chi connectivity index (χ3v) is 1.87. The Morgan fingerprint density at radius 1 is 1.71 bits per heavy atom. The first-order valence-corrected chi connectivity index (χ1v) is 4.76. The van der Waals surface area contributed by atoms with Gasteiger partial charge in [0.2, 0.25) is 0 Å². The molecule has 0 aliphatic carbocycles. The molecule has 0 atom stereocenters. The summed E-state index contributed by atoms with van der Waals surface area (Å²) in [6, 6.07) is 1.67. The van der Waals surface area contributed by atoms with Crippen LogP contribution in [0, 0.1) is 0 Å². The van der Waals surface area contributed by atoms with Crippen LogP contribution in [-0.2, 0) is 4.74 Å². The number of rotatable bonds is 2. The topological polar surface area (TPSA) is 68.5 Å². The highest BCUT2D eigenvalue weighted by molar-refractivity contribution is 9.10. The van der Waals surface area contributed by atoms with Crippen molar-refractivity contribution in [2.45, 2.75) is 6.92 Å². The Kier molecular flexibility index (Phi) is 3.84. The second-order valence-corrected chi connectivity index (χ2v) is 3.35. The van der Waals surface area contributed by atoms with Crippen LogP contribution in [-0.4, -0.2) is 17.7 Å². The molecule has 2 N–H and O–H groups in total. The van der Waals surface area contributed by atoms with Gasteiger partial charge in [-0.25, -0.2) is 15.6 Å². The number of ether oxygens (including phenoxy) is 1. The van der Waals surface area contributed by atoms with Gasteiger partial charge in [0.1, 0.15) is 0 Å². The van der Waals surface area contributed by atoms with Gasteiger partial charge < -0.3 is 4.74 Å². The van der Waals surface area contributed by atoms with Crippen molar-refractivity contribution in [1.29, 1.82) is 0 Å². The summed E-state index contributed by atoms with van der Waals surface area (Å²) in [5.74, 6) is 5.49. The first-order chi connectivity index (χ1) is 6.65. The molecule has 0 bridgehead atoms. The van der Waals surface area contributed by atoms with E-state index in [0.29, 0.717) is 5.69 Å². The van der Waals surface area contributed by atoms with Gasteiger partial charge in [-0.2, -0.15) is 0 Å². The number of nitrogens with two attached hydrogens (primary N) is 1. The Balaban J connectivity index is 2.78. The fraction of sp³-hybridized carbons (Fsp3) is 0.250. The maximum Gasteiger partial charge on any atom is 0.428 e. The van der Waals surface area contributed by atoms with E-state index in [1.807, 2.05) is 0 Å². The van der Waals surface area contributed by atoms with Crippen LogP contribution < -0.4 is 10.9 Å². The minimum atomic E-state index is -0.604. The minimum Gasteiger partial charge on any atom is -0.449 e. The zero-order valence-electron chi connectivity index (χ0n) is 7.61. The van der Waals surface area contributed by atoms with Crippen molar-refractivity contribution in [2.75, 3.05) is 11.6 Å². The number of hydrogen-bond donors (Lipinski definition) is 1. The van der Waals surface area contributed by atoms with Crippen molar-refractivity contribution in [3.8, 4) is 0 Å². The summed E-state index contributed by atoms with van der Waals surface area (Å²) in [7, 11) is 0. The van der Waals surface area contributed by atoms with Crippen molar-refractivity contribution in [3.05, 3.63) is 22.9 Å². The maximum absolute atomic E-state index is 11.2. The predicted octanol–water partition coefficient (Wildman–Crippen LogP) is 1.68. The van der Waals surface area contributed by atoms with Gasteiger partial charge in [0.05, 0.1) is 18.5 Å². The molecule has 76 valence electrons. The molecule has 1 rings (SSSR count). The summed E-state index contributed by atoms with van der Waals surface area (Å²) >= 11 is 3.22. The summed E-state index contributed by atoms with van der Waals surface area (Å²) in [5.41, 5.74) is 0.470. The second kappa shape index (κ2) is 4.92. The molecule has 0 aromatic carbocycles. The molecule has 6 heteroatoms. The zero-order valence-corrected chi connectivity index (χ0v) is 9.19. The van der Waals surface area contributed by atoms with E-state index in [1.165, 1.54) is 6.20 Å². The molecular weight excluding hydrogens is 250 g/mol. The normalized spacial score (nSPS) is 9.64. The first kappa shape index (κ1) is 10.9. The summed E-state index contributed by atoms with van der Waals surface area (Å²) in [4.78, 5) is 15.1. The Bertz CT molecular complexity index is 332. The monoisotopic (exact) mass is 259 g/mol. The molecule has 0 saturated carbocycles. The molecule has 1 amide bonds. The van der Waals surface area contributed by atoms with Crippen molar-refractivity contribution in [3.63, 3.8) is 0 Å². The average molecular weight is 260 g/mol. The maximum atomic E-state index is 11.2. The largest absolute Gasteiger partial charge is 0.449 e. The van der Waals surface area contributed by atoms with E-state index < -0.39 is 6.09 Å². The molecule has 1 aromatic heterocycles. The van der Waals surface area contributed by atoms with Crippen molar-refractivity contribution in [2.24, 2.45) is 5.84 Å². The summed E-state index contributed by atoms with van der Waals surface area (Å²) in [5, 5.41) is 0.904. The number of nitrogens with zero attached hydrogens (tertiary/aromatic N) is 2. The molecule has 5 nitrogen and oxygen atoms in total. The van der Waals surface area contributed by atoms with E-state index in [9.17, 15) is 4.79 Å². The van der Waals surface area contributed by atoms with Gasteiger partial charge in [0.15, 0.2) is 0 Å². The van der Waals surface area contributed by atoms with Gasteiger partial charge in [-0.05, 0) is 28.9 Å². The number of carbonyl (C=O) groups is 1. The Morgan fingerprint density at radius 3 is 3.00 bits per heavy atom. The number of aromatic nitrogens is 1. The van der Waals surface area contributed by atoms with Crippen molar-refractivity contribution in [1.82, 2.24) is 4.98 Å². The molecule has 0 unspecified atom stereocenters. The fourth-order valence-electron chi connectivity index (χ4n) is 0.831. The number of hydrazine groups is 1. The predicted molar refractivity (Wildman–Crippen MR) is 55.6 cm³/mol. The molecule has 0 aliphatic rings. The van der Waals surface area contributed by atoms with E-state index in [-0.39, 0.29) is 6.61 Å². The van der Waals surface area contributed by atoms with E-state index in [4.69, 9.17) is 10.6 Å². The van der Waals surface area contributed by atoms with Gasteiger partial charge in [-0.15, -0.1) is 0 Å². The first-order valence-electron chi connectivity index (χ1n) is 3.97. The van der Waals surface area contributed by atoms with Crippen LogP contribution in [0.5, 0.6) is 0 Å². The van der Waals surface area contributed by atoms with Gasteiger partial charge in [0.25, 0.3) is 0 Å². The molecule has 0 radical (unpaired) electrons. The highest BCUT2D eigenvalue weighted by Crippen LogP contribution is 2.16. The average Bonchev–Trinajstić information content (AvgIpc) is 2.17. The summed E-state index contributed by atoms with van der Waals surface area (Å²) in [6.45, 7) is 2.00. The number of amides is 1. The smallest absolute Gasteiger partial charge is 0.428 e. The molecule has 0 aliphatic heterocycles. The summed E-state index contributed by atoms with van der Waals surface area (Å²) in [6.07, 6.45) is 2.47. The number of halogens is 1. The minimum absolute atomic E-state index is 0.286. The van der Waals surface area contributed by atoms with Gasteiger partial charge >= 0.3 is 6.09 Å². The molecule has 1 heterocycles. The lowest BCUT2D eigenvalue weighted by atomic mass is 10.4. The standard InChI is InChI=1S/C8H10BrN3O2/c1-2-14-8(13)12(10)7-3-6(9)4-11-5-7/h3-5H,2,10H2,1H3. The second-order valence-electron chi connectivity index (χ2n) is 2.43. The zero-order chi connectivity index (χ0) is 10.6. The van der Waals surface area contributed by atoms with Gasteiger partial charge in [-0.3, -0.25) is 4.98 Å². The van der Waals surface area contributed by atoms with Crippen LogP contribution in [0.4, 0.5) is 10.5 Å². The molecular formula is C8H10BrN3O2. The van der Waals surface area contributed by atoms with E-state index in [1.54, 1.807) is 19.2 Å². The van der Waals surface area contributed by atoms with Crippen LogP contribution in [0.25, 0.3) is 0 Å². The van der Waals surface area contributed by atoms with Crippen LogP contribution >= 0.6 is 15.9 Å². The lowest BCUT2D eigenvalue weighted by molar-refractivity contribution is 0.160. The third kappa shape index (κ3) is 2.68. The Morgan fingerprint density at radius 2 is 2.43 bits per heavy atom. The van der Waals surface area contributed by atoms with Crippen molar-refractivity contribution >= 4 is 27.7 Å². The van der Waals surface area contributed by atoms with Crippen molar-refractivity contribution < 1.29 is 9.53 Å². The Labute approximate surface area is 90.0 Å². The number of pyridine rings is 1. The highest BCUT2D eigenvalue weighted by atomic mass is 79.9. The highest BCUT2D eigenvalue weighted by Gasteiger charge is 2.12. The molecule has 0 spiro atoms. The van der Waals surface area contributed by atoms with E-state index >= 15 is 0 Å². The van der Waals surface area contributed by atoms with Crippen LogP contribution in [0.15, 0.2) is 22.9 Å². The molecule has 1 aromatic rings. The van der Waals surface area contributed by atoms with Gasteiger partial charge in [-0.1, -0.05) is 0 Å². The quantitative estimate of drug-likeness (QED) is 0.499. The molecule has 0 saturated heterocycles. The third-order valence-electron chi connectivity index (χ3n) is 1.43. The Hall–Kier alpha value is -1.14. The number of anilines is 1. The lowest BCUT2D eigenvalue weighted by Gasteiger charge is -2.15. The van der Waals surface area contributed by atoms with E-state index in [2.05, 4.69) is 20.9 Å². The van der Waals surface area contributed by atoms with Crippen LogP contribution in [0.1, 0.15) is 6.92 Å².